The van der Waals surface area contributed by atoms with E-state index in [0.717, 1.165) is 6.20 Å². The first-order valence-electron chi connectivity index (χ1n) is 4.22. The normalized spacial score (nSPS) is 10.7. The van der Waals surface area contributed by atoms with E-state index in [-0.39, 0.29) is 11.5 Å². The summed E-state index contributed by atoms with van der Waals surface area (Å²) in [7, 11) is 0. The van der Waals surface area contributed by atoms with Gasteiger partial charge >= 0.3 is 6.55 Å². The van der Waals surface area contributed by atoms with Gasteiger partial charge in [0.1, 0.15) is 6.26 Å². The van der Waals surface area contributed by atoms with Gasteiger partial charge in [0, 0.05) is 12.3 Å². The molecule has 0 aliphatic heterocycles. The summed E-state index contributed by atoms with van der Waals surface area (Å²) in [6, 6.07) is 2.60. The fraction of sp³-hybridized carbons (Fsp3) is 0.125. The molecule has 8 heteroatoms. The molecule has 0 radical (unpaired) electrons. The maximum Gasteiger partial charge on any atom is 0.333 e. The van der Waals surface area contributed by atoms with E-state index in [9.17, 15) is 13.6 Å². The fourth-order valence-corrected chi connectivity index (χ4v) is 1.03. The highest BCUT2D eigenvalue weighted by Crippen LogP contribution is 2.10. The first-order chi connectivity index (χ1) is 7.66. The second-order valence-corrected chi connectivity index (χ2v) is 2.80. The van der Waals surface area contributed by atoms with E-state index in [1.165, 1.54) is 18.4 Å². The Bertz CT molecular complexity index is 480. The molecule has 0 saturated carbocycles. The minimum atomic E-state index is -2.77. The Morgan fingerprint density at radius 3 is 2.88 bits per heavy atom. The van der Waals surface area contributed by atoms with Crippen LogP contribution in [0.1, 0.15) is 17.0 Å². The van der Waals surface area contributed by atoms with Crippen molar-refractivity contribution in [3.05, 3.63) is 30.3 Å². The summed E-state index contributed by atoms with van der Waals surface area (Å²) in [6.45, 7) is -2.77. The first-order valence-corrected chi connectivity index (χ1v) is 4.22. The van der Waals surface area contributed by atoms with E-state index < -0.39 is 12.5 Å². The van der Waals surface area contributed by atoms with Gasteiger partial charge in [-0.3, -0.25) is 4.79 Å². The fourth-order valence-electron chi connectivity index (χ4n) is 1.03. The van der Waals surface area contributed by atoms with Gasteiger partial charge in [-0.15, -0.1) is 0 Å². The molecule has 16 heavy (non-hydrogen) atoms. The lowest BCUT2D eigenvalue weighted by molar-refractivity contribution is 0.0561. The predicted molar refractivity (Wildman–Crippen MR) is 47.9 cm³/mol. The molecule has 0 atom stereocenters. The summed E-state index contributed by atoms with van der Waals surface area (Å²) in [5, 5.41) is 9.15. The van der Waals surface area contributed by atoms with E-state index in [2.05, 4.69) is 20.1 Å². The van der Waals surface area contributed by atoms with Gasteiger partial charge in [-0.25, -0.2) is 4.68 Å². The Balaban J connectivity index is 2.09. The second-order valence-electron chi connectivity index (χ2n) is 2.80. The number of hydrogen-bond acceptors (Lipinski definition) is 4. The van der Waals surface area contributed by atoms with Crippen molar-refractivity contribution in [2.24, 2.45) is 0 Å². The summed E-state index contributed by atoms with van der Waals surface area (Å²) < 4.78 is 29.2. The Morgan fingerprint density at radius 2 is 2.31 bits per heavy atom. The van der Waals surface area contributed by atoms with Crippen LogP contribution in [0.4, 0.5) is 14.6 Å². The van der Waals surface area contributed by atoms with Crippen LogP contribution >= 0.6 is 0 Å². The molecule has 84 valence electrons. The molecule has 0 fully saturated rings. The minimum Gasteiger partial charge on any atom is -0.363 e. The van der Waals surface area contributed by atoms with E-state index in [4.69, 9.17) is 0 Å². The van der Waals surface area contributed by atoms with Crippen LogP contribution in [-0.2, 0) is 0 Å². The monoisotopic (exact) mass is 228 g/mol. The van der Waals surface area contributed by atoms with Crippen LogP contribution in [0.15, 0.2) is 29.1 Å². The van der Waals surface area contributed by atoms with Crippen molar-refractivity contribution < 1.29 is 18.1 Å². The number of halogens is 2. The number of nitrogens with one attached hydrogen (secondary N) is 1. The van der Waals surface area contributed by atoms with Crippen molar-refractivity contribution in [2.75, 3.05) is 5.32 Å². The number of carbonyl (C=O) groups excluding carboxylic acids is 1. The van der Waals surface area contributed by atoms with Crippen molar-refractivity contribution in [1.82, 2.24) is 14.9 Å². The lowest BCUT2D eigenvalue weighted by Crippen LogP contribution is -2.13. The summed E-state index contributed by atoms with van der Waals surface area (Å²) in [5.41, 5.74) is -0.122. The van der Waals surface area contributed by atoms with E-state index >= 15 is 0 Å². The molecule has 1 N–H and O–H groups in total. The third-order valence-electron chi connectivity index (χ3n) is 1.72. The predicted octanol–water partition coefficient (Wildman–Crippen LogP) is 1.52. The SMILES string of the molecule is O=C(Nc1ccon1)c1ccn(C(F)F)n1. The van der Waals surface area contributed by atoms with Crippen LogP contribution in [0.2, 0.25) is 0 Å². The Labute approximate surface area is 87.8 Å². The molecule has 2 rings (SSSR count). The highest BCUT2D eigenvalue weighted by molar-refractivity contribution is 6.02. The van der Waals surface area contributed by atoms with Crippen molar-refractivity contribution in [2.45, 2.75) is 6.55 Å². The van der Waals surface area contributed by atoms with Crippen LogP contribution < -0.4 is 5.32 Å². The summed E-state index contributed by atoms with van der Waals surface area (Å²) in [6.07, 6.45) is 2.29. The molecular weight excluding hydrogens is 222 g/mol. The smallest absolute Gasteiger partial charge is 0.333 e. The first kappa shape index (κ1) is 10.3. The standard InChI is InChI=1S/C8H6F2N4O2/c9-8(10)14-3-1-5(12-14)7(15)11-6-2-4-16-13-6/h1-4,8H,(H,11,13,15). The molecule has 0 unspecified atom stereocenters. The molecule has 0 aromatic carbocycles. The van der Waals surface area contributed by atoms with Crippen molar-refractivity contribution in [3.8, 4) is 0 Å². The van der Waals surface area contributed by atoms with E-state index in [0.29, 0.717) is 4.68 Å². The highest BCUT2D eigenvalue weighted by atomic mass is 19.3. The van der Waals surface area contributed by atoms with Crippen molar-refractivity contribution in [3.63, 3.8) is 0 Å². The zero-order chi connectivity index (χ0) is 11.5. The van der Waals surface area contributed by atoms with E-state index in [1.807, 2.05) is 0 Å². The average molecular weight is 228 g/mol. The lowest BCUT2D eigenvalue weighted by Gasteiger charge is -1.98. The molecule has 2 aromatic heterocycles. The van der Waals surface area contributed by atoms with Crippen LogP contribution in [0.25, 0.3) is 0 Å². The minimum absolute atomic E-state index is 0.122. The zero-order valence-corrected chi connectivity index (χ0v) is 7.80. The molecule has 0 aliphatic carbocycles. The number of nitrogens with zero attached hydrogens (tertiary/aromatic N) is 3. The molecule has 0 spiro atoms. The van der Waals surface area contributed by atoms with Crippen LogP contribution in [0.5, 0.6) is 0 Å². The Hall–Kier alpha value is -2.25. The maximum atomic E-state index is 12.2. The highest BCUT2D eigenvalue weighted by Gasteiger charge is 2.14. The van der Waals surface area contributed by atoms with Gasteiger partial charge in [0.2, 0.25) is 0 Å². The summed E-state index contributed by atoms with van der Waals surface area (Å²) in [4.78, 5) is 11.4. The van der Waals surface area contributed by atoms with Gasteiger partial charge in [0.25, 0.3) is 5.91 Å². The molecular formula is C8H6F2N4O2. The number of anilines is 1. The van der Waals surface area contributed by atoms with Gasteiger partial charge < -0.3 is 9.84 Å². The number of aromatic nitrogens is 3. The molecule has 2 aromatic rings. The largest absolute Gasteiger partial charge is 0.363 e. The third kappa shape index (κ3) is 2.05. The topological polar surface area (TPSA) is 73.0 Å². The molecule has 6 nitrogen and oxygen atoms in total. The zero-order valence-electron chi connectivity index (χ0n) is 7.80. The number of carbonyl (C=O) groups is 1. The average Bonchev–Trinajstić information content (AvgIpc) is 2.86. The second kappa shape index (κ2) is 4.09. The van der Waals surface area contributed by atoms with Crippen molar-refractivity contribution in [1.29, 1.82) is 0 Å². The maximum absolute atomic E-state index is 12.2. The molecule has 1 amide bonds. The lowest BCUT2D eigenvalue weighted by atomic mass is 10.4. The summed E-state index contributed by atoms with van der Waals surface area (Å²) in [5.74, 6) is -0.440. The van der Waals surface area contributed by atoms with Gasteiger partial charge in [-0.1, -0.05) is 5.16 Å². The van der Waals surface area contributed by atoms with E-state index in [1.54, 1.807) is 0 Å². The summed E-state index contributed by atoms with van der Waals surface area (Å²) >= 11 is 0. The quantitative estimate of drug-likeness (QED) is 0.864. The van der Waals surface area contributed by atoms with Crippen molar-refractivity contribution >= 4 is 11.7 Å². The molecule has 0 saturated heterocycles. The molecule has 0 aliphatic rings. The molecule has 2 heterocycles. The van der Waals surface area contributed by atoms with Gasteiger partial charge in [0.15, 0.2) is 11.5 Å². The number of hydrogen-bond donors (Lipinski definition) is 1. The Kier molecular flexibility index (Phi) is 2.63. The number of rotatable bonds is 3. The van der Waals surface area contributed by atoms with Crippen LogP contribution in [0, 0.1) is 0 Å². The van der Waals surface area contributed by atoms with Gasteiger partial charge in [0.05, 0.1) is 0 Å². The van der Waals surface area contributed by atoms with Gasteiger partial charge in [-0.05, 0) is 6.07 Å². The van der Waals surface area contributed by atoms with Crippen LogP contribution in [0.3, 0.4) is 0 Å². The number of amides is 1. The third-order valence-corrected chi connectivity index (χ3v) is 1.72. The Morgan fingerprint density at radius 1 is 1.50 bits per heavy atom. The van der Waals surface area contributed by atoms with Crippen LogP contribution in [-0.4, -0.2) is 20.8 Å². The molecule has 0 bridgehead atoms. The number of alkyl halides is 2. The van der Waals surface area contributed by atoms with Gasteiger partial charge in [-0.2, -0.15) is 13.9 Å².